The Labute approximate surface area is 135 Å². The van der Waals surface area contributed by atoms with Crippen LogP contribution in [0.2, 0.25) is 0 Å². The summed E-state index contributed by atoms with van der Waals surface area (Å²) >= 11 is 1.57. The van der Waals surface area contributed by atoms with Crippen LogP contribution >= 0.6 is 11.3 Å². The van der Waals surface area contributed by atoms with Gasteiger partial charge < -0.3 is 4.90 Å². The molecule has 1 fully saturated rings. The minimum Gasteiger partial charge on any atom is -0.328 e. The van der Waals surface area contributed by atoms with Crippen LogP contribution in [0.25, 0.3) is 10.2 Å². The highest BCUT2D eigenvalue weighted by Gasteiger charge is 2.31. The second kappa shape index (κ2) is 5.62. The van der Waals surface area contributed by atoms with Gasteiger partial charge in [-0.2, -0.15) is 5.10 Å². The first-order valence-electron chi connectivity index (χ1n) is 7.51. The van der Waals surface area contributed by atoms with E-state index in [0.29, 0.717) is 17.9 Å². The maximum atomic E-state index is 12.9. The molecule has 7 nitrogen and oxygen atoms in total. The number of thiophene rings is 1. The van der Waals surface area contributed by atoms with Crippen LogP contribution in [0.1, 0.15) is 41.5 Å². The predicted octanol–water partition coefficient (Wildman–Crippen LogP) is 2.08. The van der Waals surface area contributed by atoms with Gasteiger partial charge in [0.25, 0.3) is 5.91 Å². The fraction of sp³-hybridized carbons (Fsp3) is 0.333. The summed E-state index contributed by atoms with van der Waals surface area (Å²) in [5.74, 6) is 0.453. The van der Waals surface area contributed by atoms with Crippen molar-refractivity contribution < 1.29 is 4.79 Å². The van der Waals surface area contributed by atoms with Gasteiger partial charge in [-0.25, -0.2) is 9.89 Å². The summed E-state index contributed by atoms with van der Waals surface area (Å²) in [5, 5.41) is 8.35. The summed E-state index contributed by atoms with van der Waals surface area (Å²) in [7, 11) is 0. The summed E-state index contributed by atoms with van der Waals surface area (Å²) in [6, 6.07) is 3.62. The monoisotopic (exact) mass is 329 g/mol. The molecule has 1 unspecified atom stereocenters. The number of hydrogen-bond donors (Lipinski definition) is 2. The van der Waals surface area contributed by atoms with Crippen molar-refractivity contribution in [1.29, 1.82) is 0 Å². The number of carbonyl (C=O) groups excluding carboxylic acids is 1. The molecule has 4 heterocycles. The molecule has 3 aromatic heterocycles. The number of amides is 1. The van der Waals surface area contributed by atoms with Gasteiger partial charge in [0.2, 0.25) is 0 Å². The lowest BCUT2D eigenvalue weighted by Crippen LogP contribution is -2.39. The topological polar surface area (TPSA) is 94.7 Å². The van der Waals surface area contributed by atoms with Crippen LogP contribution in [-0.2, 0) is 0 Å². The molecule has 0 radical (unpaired) electrons. The molecule has 1 saturated heterocycles. The molecule has 1 aliphatic heterocycles. The number of piperidine rings is 1. The molecule has 0 bridgehead atoms. The standard InChI is InChI=1S/C15H15N5O2S/c21-14(9-7-12-10(16-8-9)4-6-23-12)20-5-2-1-3-11(20)13-17-15(22)19-18-13/h4,6-8,11H,1-3,5H2,(H2,17,18,19,22). The molecule has 2 N–H and O–H groups in total. The molecule has 0 aliphatic carbocycles. The number of nitrogens with one attached hydrogen (secondary N) is 2. The number of likely N-dealkylation sites (tertiary alicyclic amines) is 1. The fourth-order valence-corrected chi connectivity index (χ4v) is 3.81. The van der Waals surface area contributed by atoms with E-state index in [1.54, 1.807) is 22.4 Å². The van der Waals surface area contributed by atoms with Gasteiger partial charge in [-0.05, 0) is 36.8 Å². The molecule has 4 rings (SSSR count). The largest absolute Gasteiger partial charge is 0.340 e. The van der Waals surface area contributed by atoms with E-state index in [1.807, 2.05) is 17.5 Å². The lowest BCUT2D eigenvalue weighted by Gasteiger charge is -2.34. The van der Waals surface area contributed by atoms with Crippen molar-refractivity contribution in [2.45, 2.75) is 25.3 Å². The van der Waals surface area contributed by atoms with Crippen molar-refractivity contribution in [2.24, 2.45) is 0 Å². The Morgan fingerprint density at radius 3 is 3.13 bits per heavy atom. The molecule has 3 aromatic rings. The Hall–Kier alpha value is -2.48. The maximum Gasteiger partial charge on any atom is 0.340 e. The molecule has 0 aromatic carbocycles. The van der Waals surface area contributed by atoms with Crippen LogP contribution in [0, 0.1) is 0 Å². The molecule has 0 spiro atoms. The number of aromatic amines is 2. The quantitative estimate of drug-likeness (QED) is 0.752. The first-order valence-corrected chi connectivity index (χ1v) is 8.39. The van der Waals surface area contributed by atoms with E-state index in [-0.39, 0.29) is 17.6 Å². The minimum absolute atomic E-state index is 0.0682. The van der Waals surface area contributed by atoms with E-state index in [9.17, 15) is 9.59 Å². The van der Waals surface area contributed by atoms with Crippen LogP contribution < -0.4 is 5.69 Å². The van der Waals surface area contributed by atoms with Crippen LogP contribution in [0.3, 0.4) is 0 Å². The van der Waals surface area contributed by atoms with Crippen molar-refractivity contribution in [3.63, 3.8) is 0 Å². The van der Waals surface area contributed by atoms with E-state index in [0.717, 1.165) is 29.5 Å². The van der Waals surface area contributed by atoms with Crippen molar-refractivity contribution >= 4 is 27.5 Å². The Balaban J connectivity index is 1.68. The third-order valence-corrected chi connectivity index (χ3v) is 5.00. The smallest absolute Gasteiger partial charge is 0.328 e. The SMILES string of the molecule is O=C(c1cnc2ccsc2c1)N1CCCCC1c1n[nH]c(=O)[nH]1. The zero-order valence-electron chi connectivity index (χ0n) is 12.3. The minimum atomic E-state index is -0.348. The molecule has 23 heavy (non-hydrogen) atoms. The Kier molecular flexibility index (Phi) is 3.45. The van der Waals surface area contributed by atoms with Crippen molar-refractivity contribution in [2.75, 3.05) is 6.54 Å². The fourth-order valence-electron chi connectivity index (χ4n) is 3.03. The van der Waals surface area contributed by atoms with Crippen LogP contribution in [-0.4, -0.2) is 37.5 Å². The Morgan fingerprint density at radius 2 is 2.30 bits per heavy atom. The summed E-state index contributed by atoms with van der Waals surface area (Å²) in [5.41, 5.74) is 1.13. The second-order valence-corrected chi connectivity index (χ2v) is 6.55. The summed E-state index contributed by atoms with van der Waals surface area (Å²) in [6.07, 6.45) is 4.37. The number of H-pyrrole nitrogens is 2. The molecule has 118 valence electrons. The molecule has 0 saturated carbocycles. The van der Waals surface area contributed by atoms with E-state index in [1.165, 1.54) is 0 Å². The van der Waals surface area contributed by atoms with Crippen molar-refractivity contribution in [1.82, 2.24) is 25.1 Å². The number of fused-ring (bicyclic) bond motifs is 1. The average molecular weight is 329 g/mol. The first-order chi connectivity index (χ1) is 11.2. The third kappa shape index (κ3) is 2.55. The Morgan fingerprint density at radius 1 is 1.39 bits per heavy atom. The average Bonchev–Trinajstić information content (AvgIpc) is 3.22. The van der Waals surface area contributed by atoms with Gasteiger partial charge in [0.1, 0.15) is 0 Å². The highest BCUT2D eigenvalue weighted by Crippen LogP contribution is 2.30. The zero-order valence-corrected chi connectivity index (χ0v) is 13.1. The van der Waals surface area contributed by atoms with Crippen molar-refractivity contribution in [3.05, 3.63) is 45.6 Å². The lowest BCUT2D eigenvalue weighted by molar-refractivity contribution is 0.0600. The normalized spacial score (nSPS) is 18.4. The van der Waals surface area contributed by atoms with Gasteiger partial charge in [-0.15, -0.1) is 11.3 Å². The first kappa shape index (κ1) is 14.1. The number of nitrogens with zero attached hydrogens (tertiary/aromatic N) is 3. The van der Waals surface area contributed by atoms with Gasteiger partial charge >= 0.3 is 5.69 Å². The van der Waals surface area contributed by atoms with Crippen LogP contribution in [0.5, 0.6) is 0 Å². The number of rotatable bonds is 2. The highest BCUT2D eigenvalue weighted by molar-refractivity contribution is 7.17. The number of hydrogen-bond acceptors (Lipinski definition) is 5. The van der Waals surface area contributed by atoms with E-state index in [2.05, 4.69) is 20.2 Å². The number of pyridine rings is 1. The maximum absolute atomic E-state index is 12.9. The van der Waals surface area contributed by atoms with Gasteiger partial charge in [-0.3, -0.25) is 14.8 Å². The van der Waals surface area contributed by atoms with Crippen molar-refractivity contribution in [3.8, 4) is 0 Å². The second-order valence-electron chi connectivity index (χ2n) is 5.60. The van der Waals surface area contributed by atoms with Gasteiger partial charge in [0.05, 0.1) is 21.8 Å². The summed E-state index contributed by atoms with van der Waals surface area (Å²) < 4.78 is 0.998. The zero-order chi connectivity index (χ0) is 15.8. The van der Waals surface area contributed by atoms with E-state index < -0.39 is 0 Å². The third-order valence-electron chi connectivity index (χ3n) is 4.15. The van der Waals surface area contributed by atoms with E-state index in [4.69, 9.17) is 0 Å². The number of aromatic nitrogens is 4. The molecular weight excluding hydrogens is 314 g/mol. The summed E-state index contributed by atoms with van der Waals surface area (Å²) in [4.78, 5) is 33.0. The van der Waals surface area contributed by atoms with Gasteiger partial charge in [-0.1, -0.05) is 0 Å². The number of carbonyl (C=O) groups is 1. The molecular formula is C15H15N5O2S. The molecule has 1 aliphatic rings. The van der Waals surface area contributed by atoms with Crippen LogP contribution in [0.4, 0.5) is 0 Å². The lowest BCUT2D eigenvalue weighted by atomic mass is 10.0. The molecule has 1 atom stereocenters. The van der Waals surface area contributed by atoms with Crippen LogP contribution in [0.15, 0.2) is 28.5 Å². The highest BCUT2D eigenvalue weighted by atomic mass is 32.1. The van der Waals surface area contributed by atoms with E-state index >= 15 is 0 Å². The summed E-state index contributed by atoms with van der Waals surface area (Å²) in [6.45, 7) is 0.654. The predicted molar refractivity (Wildman–Crippen MR) is 86.5 cm³/mol. The Bertz CT molecular complexity index is 912. The molecule has 8 heteroatoms. The van der Waals surface area contributed by atoms with Gasteiger partial charge in [0, 0.05) is 12.7 Å². The van der Waals surface area contributed by atoms with Gasteiger partial charge in [0.15, 0.2) is 5.82 Å². The molecule has 1 amide bonds.